The Bertz CT molecular complexity index is 857. The number of hydrogen-bond acceptors (Lipinski definition) is 6. The zero-order valence-corrected chi connectivity index (χ0v) is 13.7. The topological polar surface area (TPSA) is 68.0 Å². The zero-order valence-electron chi connectivity index (χ0n) is 12.1. The highest BCUT2D eigenvalue weighted by atomic mass is 32.2. The third-order valence-corrected chi connectivity index (χ3v) is 4.70. The van der Waals surface area contributed by atoms with E-state index in [0.29, 0.717) is 44.3 Å². The fraction of sp³-hybridized carbons (Fsp3) is 0.214. The predicted octanol–water partition coefficient (Wildman–Crippen LogP) is 4.47. The molecule has 0 bridgehead atoms. The Morgan fingerprint density at radius 3 is 2.83 bits per heavy atom. The number of amides is 1. The van der Waals surface area contributed by atoms with Crippen LogP contribution in [-0.2, 0) is 0 Å². The van der Waals surface area contributed by atoms with Crippen LogP contribution in [0.4, 0.5) is 13.9 Å². The highest BCUT2D eigenvalue weighted by Gasteiger charge is 2.19. The Balaban J connectivity index is 1.85. The van der Waals surface area contributed by atoms with E-state index >= 15 is 0 Å². The van der Waals surface area contributed by atoms with Gasteiger partial charge in [0.05, 0.1) is 15.9 Å². The second-order valence-electron chi connectivity index (χ2n) is 4.68. The minimum Gasteiger partial charge on any atom is -0.361 e. The van der Waals surface area contributed by atoms with Crippen molar-refractivity contribution in [2.75, 3.05) is 5.32 Å². The zero-order chi connectivity index (χ0) is 16.6. The van der Waals surface area contributed by atoms with Gasteiger partial charge < -0.3 is 4.52 Å². The van der Waals surface area contributed by atoms with Crippen LogP contribution in [0.25, 0.3) is 10.2 Å². The summed E-state index contributed by atoms with van der Waals surface area (Å²) in [6, 6.07) is 4.87. The van der Waals surface area contributed by atoms with Crippen molar-refractivity contribution in [1.29, 1.82) is 0 Å². The van der Waals surface area contributed by atoms with Gasteiger partial charge in [-0.2, -0.15) is 8.78 Å². The molecule has 2 aromatic heterocycles. The molecule has 9 heteroatoms. The van der Waals surface area contributed by atoms with Crippen LogP contribution in [0.1, 0.15) is 21.8 Å². The van der Waals surface area contributed by atoms with E-state index in [1.807, 2.05) is 0 Å². The molecule has 3 aromatic rings. The van der Waals surface area contributed by atoms with Gasteiger partial charge >= 0.3 is 0 Å². The van der Waals surface area contributed by atoms with Crippen molar-refractivity contribution >= 4 is 44.4 Å². The molecule has 0 spiro atoms. The van der Waals surface area contributed by atoms with E-state index in [1.165, 1.54) is 11.3 Å². The molecule has 1 amide bonds. The van der Waals surface area contributed by atoms with E-state index in [0.717, 1.165) is 4.70 Å². The van der Waals surface area contributed by atoms with Crippen LogP contribution in [0.15, 0.2) is 27.6 Å². The van der Waals surface area contributed by atoms with Gasteiger partial charge in [0.1, 0.15) is 11.3 Å². The molecule has 5 nitrogen and oxygen atoms in total. The number of aryl methyl sites for hydroxylation is 2. The van der Waals surface area contributed by atoms with Gasteiger partial charge in [0.25, 0.3) is 11.7 Å². The molecule has 0 fully saturated rings. The summed E-state index contributed by atoms with van der Waals surface area (Å²) < 4.78 is 30.5. The molecule has 0 aliphatic carbocycles. The van der Waals surface area contributed by atoms with Crippen molar-refractivity contribution in [3.63, 3.8) is 0 Å². The van der Waals surface area contributed by atoms with Gasteiger partial charge in [0, 0.05) is 4.90 Å². The lowest BCUT2D eigenvalue weighted by molar-refractivity contribution is 0.102. The number of aromatic nitrogens is 2. The summed E-state index contributed by atoms with van der Waals surface area (Å²) >= 11 is 1.70. The number of alkyl halides is 2. The van der Waals surface area contributed by atoms with E-state index < -0.39 is 5.76 Å². The Labute approximate surface area is 138 Å². The highest BCUT2D eigenvalue weighted by molar-refractivity contribution is 7.99. The number of benzene rings is 1. The van der Waals surface area contributed by atoms with Crippen molar-refractivity contribution in [3.8, 4) is 0 Å². The van der Waals surface area contributed by atoms with Gasteiger partial charge in [-0.25, -0.2) is 4.98 Å². The maximum atomic E-state index is 12.4. The average molecular weight is 355 g/mol. The number of nitrogens with one attached hydrogen (secondary N) is 1. The molecular formula is C14H11F2N3O2S2. The predicted molar refractivity (Wildman–Crippen MR) is 85.4 cm³/mol. The van der Waals surface area contributed by atoms with E-state index in [2.05, 4.69) is 15.5 Å². The molecule has 0 radical (unpaired) electrons. The molecule has 23 heavy (non-hydrogen) atoms. The Kier molecular flexibility index (Phi) is 4.31. The first-order chi connectivity index (χ1) is 10.9. The third-order valence-electron chi connectivity index (χ3n) is 3.07. The van der Waals surface area contributed by atoms with Gasteiger partial charge in [-0.1, -0.05) is 28.3 Å². The number of halogens is 2. The molecule has 0 saturated heterocycles. The van der Waals surface area contributed by atoms with E-state index in [1.54, 1.807) is 32.0 Å². The molecule has 1 N–H and O–H groups in total. The summed E-state index contributed by atoms with van der Waals surface area (Å²) in [5.74, 6) is -2.40. The Morgan fingerprint density at radius 2 is 2.17 bits per heavy atom. The number of thiazole rings is 1. The molecule has 0 aliphatic heterocycles. The lowest BCUT2D eigenvalue weighted by Crippen LogP contribution is -2.13. The molecule has 0 saturated carbocycles. The fourth-order valence-electron chi connectivity index (χ4n) is 2.10. The molecule has 0 aliphatic rings. The van der Waals surface area contributed by atoms with Gasteiger partial charge in [0.2, 0.25) is 0 Å². The summed E-state index contributed by atoms with van der Waals surface area (Å²) in [5.41, 5.74) is 1.51. The maximum absolute atomic E-state index is 12.4. The number of carbonyl (C=O) groups excluding carboxylic acids is 1. The number of fused-ring (bicyclic) bond motifs is 1. The van der Waals surface area contributed by atoms with Crippen molar-refractivity contribution in [2.24, 2.45) is 0 Å². The second kappa shape index (κ2) is 6.25. The molecule has 2 heterocycles. The van der Waals surface area contributed by atoms with Crippen molar-refractivity contribution in [1.82, 2.24) is 10.1 Å². The van der Waals surface area contributed by atoms with Gasteiger partial charge in [-0.05, 0) is 32.0 Å². The summed E-state index contributed by atoms with van der Waals surface area (Å²) in [5, 5.41) is 6.82. The average Bonchev–Trinajstić information content (AvgIpc) is 3.00. The minimum absolute atomic E-state index is 0.359. The minimum atomic E-state index is -2.47. The number of hydrogen-bond donors (Lipinski definition) is 1. The lowest BCUT2D eigenvalue weighted by Gasteiger charge is -1.99. The standard InChI is InChI=1S/C14H11F2N3O2S2/c1-6-11(7(2)21-19-6)12(20)18-14-17-9-4-3-8(22-13(15)16)5-10(9)23-14/h3-5,13H,1-2H3,(H,17,18,20). The van der Waals surface area contributed by atoms with Gasteiger partial charge in [-0.15, -0.1) is 0 Å². The molecule has 1 aromatic carbocycles. The van der Waals surface area contributed by atoms with Crippen molar-refractivity contribution in [3.05, 3.63) is 35.2 Å². The van der Waals surface area contributed by atoms with Crippen LogP contribution >= 0.6 is 23.1 Å². The maximum Gasteiger partial charge on any atom is 0.288 e. The summed E-state index contributed by atoms with van der Waals surface area (Å²) in [4.78, 5) is 17.0. The normalized spacial score (nSPS) is 11.3. The van der Waals surface area contributed by atoms with Crippen LogP contribution in [0, 0.1) is 13.8 Å². The Hall–Kier alpha value is -2.00. The molecule has 120 valence electrons. The van der Waals surface area contributed by atoms with E-state index in [4.69, 9.17) is 4.52 Å². The smallest absolute Gasteiger partial charge is 0.288 e. The van der Waals surface area contributed by atoms with Crippen LogP contribution in [0.5, 0.6) is 0 Å². The first-order valence-electron chi connectivity index (χ1n) is 6.53. The van der Waals surface area contributed by atoms with Crippen molar-refractivity contribution < 1.29 is 18.1 Å². The monoisotopic (exact) mass is 355 g/mol. The fourth-order valence-corrected chi connectivity index (χ4v) is 3.61. The number of thioether (sulfide) groups is 1. The molecule has 0 atom stereocenters. The van der Waals surface area contributed by atoms with Gasteiger partial charge in [0.15, 0.2) is 5.13 Å². The number of anilines is 1. The third kappa shape index (κ3) is 3.35. The SMILES string of the molecule is Cc1noc(C)c1C(=O)Nc1nc2ccc(SC(F)F)cc2s1. The van der Waals surface area contributed by atoms with Crippen LogP contribution in [0.2, 0.25) is 0 Å². The second-order valence-corrected chi connectivity index (χ2v) is 6.77. The first kappa shape index (κ1) is 15.9. The van der Waals surface area contributed by atoms with Crippen LogP contribution in [0.3, 0.4) is 0 Å². The molecular weight excluding hydrogens is 344 g/mol. The lowest BCUT2D eigenvalue weighted by atomic mass is 10.2. The quantitative estimate of drug-likeness (QED) is 0.700. The summed E-state index contributed by atoms with van der Waals surface area (Å²) in [6.07, 6.45) is 0. The molecule has 0 unspecified atom stereocenters. The first-order valence-corrected chi connectivity index (χ1v) is 8.23. The number of rotatable bonds is 4. The summed E-state index contributed by atoms with van der Waals surface area (Å²) in [7, 11) is 0. The molecule has 3 rings (SSSR count). The number of carbonyl (C=O) groups is 1. The summed E-state index contributed by atoms with van der Waals surface area (Å²) in [6.45, 7) is 3.33. The largest absolute Gasteiger partial charge is 0.361 e. The van der Waals surface area contributed by atoms with E-state index in [-0.39, 0.29) is 5.91 Å². The van der Waals surface area contributed by atoms with Crippen LogP contribution < -0.4 is 5.32 Å². The highest BCUT2D eigenvalue weighted by Crippen LogP contribution is 2.32. The van der Waals surface area contributed by atoms with E-state index in [9.17, 15) is 13.6 Å². The van der Waals surface area contributed by atoms with Crippen LogP contribution in [-0.4, -0.2) is 21.8 Å². The Morgan fingerprint density at radius 1 is 1.39 bits per heavy atom. The van der Waals surface area contributed by atoms with Crippen molar-refractivity contribution in [2.45, 2.75) is 24.5 Å². The number of nitrogens with zero attached hydrogens (tertiary/aromatic N) is 2. The van der Waals surface area contributed by atoms with Gasteiger partial charge in [-0.3, -0.25) is 10.1 Å².